The second kappa shape index (κ2) is 4.63. The van der Waals surface area contributed by atoms with Crippen molar-refractivity contribution in [2.24, 2.45) is 17.3 Å². The van der Waals surface area contributed by atoms with Gasteiger partial charge in [0.2, 0.25) is 0 Å². The van der Waals surface area contributed by atoms with Gasteiger partial charge in [0.05, 0.1) is 5.92 Å². The number of ether oxygens (including phenoxy) is 1. The first kappa shape index (κ1) is 12.7. The van der Waals surface area contributed by atoms with Crippen molar-refractivity contribution in [2.75, 3.05) is 13.3 Å². The van der Waals surface area contributed by atoms with Crippen LogP contribution in [0.25, 0.3) is 0 Å². The molecule has 0 amide bonds. The Balaban J connectivity index is 2.47. The van der Waals surface area contributed by atoms with Gasteiger partial charge in [-0.25, -0.2) is 9.18 Å². The second-order valence-corrected chi connectivity index (χ2v) is 4.38. The third-order valence-electron chi connectivity index (χ3n) is 2.94. The number of hydrogen-bond donors (Lipinski definition) is 1. The van der Waals surface area contributed by atoms with Gasteiger partial charge in [0.1, 0.15) is 13.3 Å². The van der Waals surface area contributed by atoms with Crippen molar-refractivity contribution in [1.29, 1.82) is 0 Å². The summed E-state index contributed by atoms with van der Waals surface area (Å²) < 4.78 is 16.2. The molecule has 0 heterocycles. The molecule has 90 valence electrons. The summed E-state index contributed by atoms with van der Waals surface area (Å²) in [4.78, 5) is 21.8. The van der Waals surface area contributed by atoms with Crippen molar-refractivity contribution in [3.05, 3.63) is 12.2 Å². The molecule has 1 aliphatic rings. The molecule has 0 unspecified atom stereocenters. The van der Waals surface area contributed by atoms with E-state index in [9.17, 15) is 14.0 Å². The predicted octanol–water partition coefficient (Wildman–Crippen LogP) is 1.41. The second-order valence-electron chi connectivity index (χ2n) is 4.38. The normalized spacial score (nSPS) is 26.7. The number of carboxylic acid groups (broad SMARTS) is 1. The molecule has 5 heteroatoms. The average molecular weight is 230 g/mol. The highest BCUT2D eigenvalue weighted by atomic mass is 19.1. The van der Waals surface area contributed by atoms with Gasteiger partial charge >= 0.3 is 11.9 Å². The quantitative estimate of drug-likeness (QED) is 0.573. The van der Waals surface area contributed by atoms with Gasteiger partial charge in [0.25, 0.3) is 0 Å². The van der Waals surface area contributed by atoms with Crippen LogP contribution in [0.1, 0.15) is 13.8 Å². The first-order chi connectivity index (χ1) is 7.41. The number of carbonyl (C=O) groups is 2. The summed E-state index contributed by atoms with van der Waals surface area (Å²) in [5.74, 6) is -2.12. The van der Waals surface area contributed by atoms with Gasteiger partial charge in [-0.2, -0.15) is 0 Å². The third kappa shape index (κ3) is 2.59. The van der Waals surface area contributed by atoms with Crippen LogP contribution in [0.4, 0.5) is 4.39 Å². The molecule has 1 N–H and O–H groups in total. The molecule has 0 radical (unpaired) electrons. The summed E-state index contributed by atoms with van der Waals surface area (Å²) in [6.07, 6.45) is 2.70. The van der Waals surface area contributed by atoms with Gasteiger partial charge < -0.3 is 9.84 Å². The molecule has 0 aromatic rings. The summed E-state index contributed by atoms with van der Waals surface area (Å²) in [6.45, 7) is 2.67. The molecule has 0 aromatic heterocycles. The largest absolute Gasteiger partial charge is 0.481 e. The first-order valence-corrected chi connectivity index (χ1v) is 5.05. The van der Waals surface area contributed by atoms with Crippen molar-refractivity contribution >= 4 is 11.9 Å². The van der Waals surface area contributed by atoms with Gasteiger partial charge in [-0.15, -0.1) is 0 Å². The SMILES string of the molecule is CC1(C)[C@H](C(=O)O)[C@@H]1/C=C\C(=O)OCCF. The zero-order valence-electron chi connectivity index (χ0n) is 9.27. The number of carbonyl (C=O) groups excluding carboxylic acids is 1. The fraction of sp³-hybridized carbons (Fsp3) is 0.636. The Labute approximate surface area is 93.1 Å². The summed E-state index contributed by atoms with van der Waals surface area (Å²) in [5, 5.41) is 8.87. The van der Waals surface area contributed by atoms with E-state index in [1.807, 2.05) is 13.8 Å². The Kier molecular flexibility index (Phi) is 3.67. The van der Waals surface area contributed by atoms with Crippen molar-refractivity contribution < 1.29 is 23.8 Å². The topological polar surface area (TPSA) is 63.6 Å². The van der Waals surface area contributed by atoms with Crippen molar-refractivity contribution in [3.8, 4) is 0 Å². The first-order valence-electron chi connectivity index (χ1n) is 5.05. The van der Waals surface area contributed by atoms with Crippen LogP contribution in [0.3, 0.4) is 0 Å². The number of carboxylic acids is 1. The van der Waals surface area contributed by atoms with E-state index in [1.165, 1.54) is 12.2 Å². The van der Waals surface area contributed by atoms with E-state index in [-0.39, 0.29) is 17.9 Å². The minimum Gasteiger partial charge on any atom is -0.481 e. The Bertz CT molecular complexity index is 322. The predicted molar refractivity (Wildman–Crippen MR) is 54.5 cm³/mol. The van der Waals surface area contributed by atoms with Crippen LogP contribution in [0.5, 0.6) is 0 Å². The molecule has 4 nitrogen and oxygen atoms in total. The third-order valence-corrected chi connectivity index (χ3v) is 2.94. The van der Waals surface area contributed by atoms with E-state index in [1.54, 1.807) is 0 Å². The number of alkyl halides is 1. The lowest BCUT2D eigenvalue weighted by Crippen LogP contribution is -2.04. The van der Waals surface area contributed by atoms with Crippen molar-refractivity contribution in [2.45, 2.75) is 13.8 Å². The molecule has 0 bridgehead atoms. The highest BCUT2D eigenvalue weighted by Crippen LogP contribution is 2.58. The number of hydrogen-bond acceptors (Lipinski definition) is 3. The molecular formula is C11H15FO4. The lowest BCUT2D eigenvalue weighted by Gasteiger charge is -1.97. The Hall–Kier alpha value is -1.39. The van der Waals surface area contributed by atoms with Gasteiger partial charge in [-0.1, -0.05) is 19.9 Å². The molecule has 1 rings (SSSR count). The number of halogens is 1. The standard InChI is InChI=1S/C11H15FO4/c1-11(2)7(9(11)10(14)15)3-4-8(13)16-6-5-12/h3-4,7,9H,5-6H2,1-2H3,(H,14,15)/b4-3-/t7-,9-/m0/s1. The number of rotatable bonds is 5. The molecule has 1 aliphatic carbocycles. The maximum atomic E-state index is 11.7. The minimum atomic E-state index is -0.864. The molecular weight excluding hydrogens is 215 g/mol. The average Bonchev–Trinajstić information content (AvgIpc) is 2.74. The van der Waals surface area contributed by atoms with Crippen LogP contribution in [0.2, 0.25) is 0 Å². The lowest BCUT2D eigenvalue weighted by atomic mass is 10.1. The number of aliphatic carboxylic acids is 1. The molecule has 0 spiro atoms. The highest BCUT2D eigenvalue weighted by Gasteiger charge is 2.60. The highest BCUT2D eigenvalue weighted by molar-refractivity contribution is 5.83. The number of esters is 1. The molecule has 0 aliphatic heterocycles. The fourth-order valence-corrected chi connectivity index (χ4v) is 1.88. The van der Waals surface area contributed by atoms with Gasteiger partial charge in [-0.05, 0) is 11.3 Å². The van der Waals surface area contributed by atoms with Crippen LogP contribution in [-0.2, 0) is 14.3 Å². The van der Waals surface area contributed by atoms with E-state index >= 15 is 0 Å². The molecule has 16 heavy (non-hydrogen) atoms. The van der Waals surface area contributed by atoms with Crippen LogP contribution < -0.4 is 0 Å². The molecule has 0 saturated heterocycles. The Morgan fingerprint density at radius 3 is 2.56 bits per heavy atom. The van der Waals surface area contributed by atoms with Crippen molar-refractivity contribution in [3.63, 3.8) is 0 Å². The monoisotopic (exact) mass is 230 g/mol. The zero-order valence-corrected chi connectivity index (χ0v) is 9.27. The fourth-order valence-electron chi connectivity index (χ4n) is 1.88. The summed E-state index contributed by atoms with van der Waals surface area (Å²) in [6, 6.07) is 0. The maximum Gasteiger partial charge on any atom is 0.330 e. The van der Waals surface area contributed by atoms with Crippen LogP contribution in [-0.4, -0.2) is 30.3 Å². The van der Waals surface area contributed by atoms with E-state index in [0.717, 1.165) is 0 Å². The Morgan fingerprint density at radius 1 is 1.50 bits per heavy atom. The zero-order chi connectivity index (χ0) is 12.3. The molecule has 2 atom stereocenters. The van der Waals surface area contributed by atoms with Gasteiger partial charge in [-0.3, -0.25) is 4.79 Å². The summed E-state index contributed by atoms with van der Waals surface area (Å²) in [7, 11) is 0. The van der Waals surface area contributed by atoms with E-state index in [2.05, 4.69) is 4.74 Å². The van der Waals surface area contributed by atoms with Crippen LogP contribution in [0.15, 0.2) is 12.2 Å². The van der Waals surface area contributed by atoms with Crippen LogP contribution in [0, 0.1) is 17.3 Å². The summed E-state index contributed by atoms with van der Waals surface area (Å²) in [5.41, 5.74) is -0.331. The van der Waals surface area contributed by atoms with Gasteiger partial charge in [0.15, 0.2) is 0 Å². The number of allylic oxidation sites excluding steroid dienone is 1. The molecule has 1 saturated carbocycles. The minimum absolute atomic E-state index is 0.164. The lowest BCUT2D eigenvalue weighted by molar-refractivity contribution is -0.140. The van der Waals surface area contributed by atoms with Gasteiger partial charge in [0, 0.05) is 6.08 Å². The molecule has 0 aromatic carbocycles. The smallest absolute Gasteiger partial charge is 0.330 e. The maximum absolute atomic E-state index is 11.7. The van der Waals surface area contributed by atoms with Crippen LogP contribution >= 0.6 is 0 Å². The molecule has 1 fully saturated rings. The van der Waals surface area contributed by atoms with Crippen molar-refractivity contribution in [1.82, 2.24) is 0 Å². The van der Waals surface area contributed by atoms with E-state index < -0.39 is 24.5 Å². The van der Waals surface area contributed by atoms with E-state index in [4.69, 9.17) is 5.11 Å². The van der Waals surface area contributed by atoms with E-state index in [0.29, 0.717) is 0 Å². The summed E-state index contributed by atoms with van der Waals surface area (Å²) >= 11 is 0. The Morgan fingerprint density at radius 2 is 2.12 bits per heavy atom.